The number of aliphatic imine (C=N–C) groups is 1. The highest BCUT2D eigenvalue weighted by Crippen LogP contribution is 2.37. The fourth-order valence-electron chi connectivity index (χ4n) is 2.48. The molecule has 8 heteroatoms. The lowest BCUT2D eigenvalue weighted by Gasteiger charge is -2.19. The monoisotopic (exact) mass is 353 g/mol. The maximum atomic E-state index is 13.9. The van der Waals surface area contributed by atoms with Crippen LogP contribution in [0.1, 0.15) is 22.6 Å². The number of hydrogen-bond acceptors (Lipinski definition) is 1. The van der Waals surface area contributed by atoms with Crippen LogP contribution in [-0.4, -0.2) is 11.9 Å². The molecule has 1 atom stereocenters. The van der Waals surface area contributed by atoms with Gasteiger partial charge in [-0.3, -0.25) is 4.79 Å². The zero-order valence-electron chi connectivity index (χ0n) is 12.9. The largest absolute Gasteiger partial charge is 0.416 e. The molecule has 2 aromatic rings. The van der Waals surface area contributed by atoms with Crippen LogP contribution in [0, 0.1) is 5.82 Å². The zero-order chi connectivity index (χ0) is 18.6. The van der Waals surface area contributed by atoms with Gasteiger partial charge < -0.3 is 11.5 Å². The number of halogens is 4. The third-order valence-corrected chi connectivity index (χ3v) is 3.56. The minimum Gasteiger partial charge on any atom is -0.370 e. The van der Waals surface area contributed by atoms with E-state index in [0.717, 1.165) is 18.2 Å². The number of nitrogens with zero attached hydrogens (tertiary/aromatic N) is 1. The third-order valence-electron chi connectivity index (χ3n) is 3.56. The molecule has 0 aromatic heterocycles. The summed E-state index contributed by atoms with van der Waals surface area (Å²) in [6, 6.07) is 10.1. The average molecular weight is 353 g/mol. The van der Waals surface area contributed by atoms with Crippen molar-refractivity contribution in [1.29, 1.82) is 0 Å². The normalized spacial score (nSPS) is 12.5. The summed E-state index contributed by atoms with van der Waals surface area (Å²) in [4.78, 5) is 15.7. The molecule has 2 aromatic carbocycles. The van der Waals surface area contributed by atoms with Gasteiger partial charge in [-0.1, -0.05) is 36.4 Å². The first-order valence-electron chi connectivity index (χ1n) is 7.23. The summed E-state index contributed by atoms with van der Waals surface area (Å²) in [7, 11) is 0. The smallest absolute Gasteiger partial charge is 0.370 e. The van der Waals surface area contributed by atoms with Gasteiger partial charge in [0.2, 0.25) is 0 Å². The summed E-state index contributed by atoms with van der Waals surface area (Å²) in [5.41, 5.74) is 9.12. The fourth-order valence-corrected chi connectivity index (χ4v) is 2.48. The van der Waals surface area contributed by atoms with E-state index in [1.807, 2.05) is 0 Å². The van der Waals surface area contributed by atoms with Crippen molar-refractivity contribution in [3.63, 3.8) is 0 Å². The summed E-state index contributed by atoms with van der Waals surface area (Å²) in [6.45, 7) is 0. The maximum Gasteiger partial charge on any atom is 0.416 e. The van der Waals surface area contributed by atoms with Gasteiger partial charge in [-0.2, -0.15) is 18.2 Å². The molecule has 2 rings (SSSR count). The SMILES string of the molecule is NC(N)=NC(=O)[C@H](Cc1ccccc1F)c1ccccc1C(F)(F)F. The van der Waals surface area contributed by atoms with E-state index in [2.05, 4.69) is 4.99 Å². The first-order valence-corrected chi connectivity index (χ1v) is 7.23. The van der Waals surface area contributed by atoms with Crippen LogP contribution in [-0.2, 0) is 17.4 Å². The Hall–Kier alpha value is -2.90. The van der Waals surface area contributed by atoms with Crippen LogP contribution in [0.3, 0.4) is 0 Å². The van der Waals surface area contributed by atoms with Crippen molar-refractivity contribution in [2.75, 3.05) is 0 Å². The third kappa shape index (κ3) is 4.56. The second kappa shape index (κ2) is 7.33. The van der Waals surface area contributed by atoms with Crippen LogP contribution in [0.4, 0.5) is 17.6 Å². The minimum absolute atomic E-state index is 0.0867. The van der Waals surface area contributed by atoms with Gasteiger partial charge in [0, 0.05) is 0 Å². The first-order chi connectivity index (χ1) is 11.7. The van der Waals surface area contributed by atoms with Gasteiger partial charge in [-0.05, 0) is 29.7 Å². The van der Waals surface area contributed by atoms with Gasteiger partial charge in [0.15, 0.2) is 5.96 Å². The Morgan fingerprint density at radius 1 is 1.04 bits per heavy atom. The molecule has 1 amide bonds. The predicted molar refractivity (Wildman–Crippen MR) is 85.1 cm³/mol. The van der Waals surface area contributed by atoms with Crippen LogP contribution < -0.4 is 11.5 Å². The topological polar surface area (TPSA) is 81.5 Å². The fraction of sp³-hybridized carbons (Fsp3) is 0.176. The highest BCUT2D eigenvalue weighted by atomic mass is 19.4. The molecule has 0 heterocycles. The summed E-state index contributed by atoms with van der Waals surface area (Å²) in [6.07, 6.45) is -4.99. The molecule has 0 saturated carbocycles. The first kappa shape index (κ1) is 18.4. The van der Waals surface area contributed by atoms with E-state index in [9.17, 15) is 22.4 Å². The van der Waals surface area contributed by atoms with Crippen molar-refractivity contribution in [3.8, 4) is 0 Å². The summed E-state index contributed by atoms with van der Waals surface area (Å²) < 4.78 is 53.8. The average Bonchev–Trinajstić information content (AvgIpc) is 2.52. The van der Waals surface area contributed by atoms with Gasteiger partial charge in [0.25, 0.3) is 5.91 Å². The van der Waals surface area contributed by atoms with Crippen LogP contribution in [0.2, 0.25) is 0 Å². The van der Waals surface area contributed by atoms with E-state index in [-0.39, 0.29) is 17.5 Å². The number of benzene rings is 2. The molecule has 0 saturated heterocycles. The molecule has 0 radical (unpaired) electrons. The lowest BCUT2D eigenvalue weighted by Crippen LogP contribution is -2.27. The molecule has 25 heavy (non-hydrogen) atoms. The van der Waals surface area contributed by atoms with E-state index in [4.69, 9.17) is 11.5 Å². The van der Waals surface area contributed by atoms with E-state index < -0.39 is 35.3 Å². The van der Waals surface area contributed by atoms with Crippen molar-refractivity contribution in [2.45, 2.75) is 18.5 Å². The number of rotatable bonds is 4. The molecule has 0 fully saturated rings. The summed E-state index contributed by atoms with van der Waals surface area (Å²) in [5, 5.41) is 0. The van der Waals surface area contributed by atoms with Crippen LogP contribution in [0.15, 0.2) is 53.5 Å². The Bertz CT molecular complexity index is 798. The molecule has 0 aliphatic heterocycles. The molecule has 4 nitrogen and oxygen atoms in total. The van der Waals surface area contributed by atoms with E-state index in [0.29, 0.717) is 0 Å². The highest BCUT2D eigenvalue weighted by molar-refractivity contribution is 5.95. The minimum atomic E-state index is -4.68. The highest BCUT2D eigenvalue weighted by Gasteiger charge is 2.37. The van der Waals surface area contributed by atoms with E-state index in [1.54, 1.807) is 0 Å². The number of hydrogen-bond donors (Lipinski definition) is 2. The van der Waals surface area contributed by atoms with Crippen molar-refractivity contribution in [3.05, 3.63) is 71.0 Å². The Morgan fingerprint density at radius 2 is 1.64 bits per heavy atom. The second-order valence-electron chi connectivity index (χ2n) is 5.31. The molecule has 0 unspecified atom stereocenters. The van der Waals surface area contributed by atoms with Gasteiger partial charge in [-0.25, -0.2) is 4.39 Å². The number of guanidine groups is 1. The van der Waals surface area contributed by atoms with E-state index in [1.165, 1.54) is 30.3 Å². The molecule has 4 N–H and O–H groups in total. The molecular weight excluding hydrogens is 338 g/mol. The van der Waals surface area contributed by atoms with Crippen LogP contribution in [0.5, 0.6) is 0 Å². The van der Waals surface area contributed by atoms with Crippen LogP contribution >= 0.6 is 0 Å². The Labute approximate surface area is 141 Å². The van der Waals surface area contributed by atoms with E-state index >= 15 is 0 Å². The quantitative estimate of drug-likeness (QED) is 0.504. The van der Waals surface area contributed by atoms with Crippen molar-refractivity contribution >= 4 is 11.9 Å². The number of alkyl halides is 3. The Kier molecular flexibility index (Phi) is 5.41. The molecule has 0 aliphatic rings. The van der Waals surface area contributed by atoms with Gasteiger partial charge in [-0.15, -0.1) is 0 Å². The van der Waals surface area contributed by atoms with Crippen molar-refractivity contribution < 1.29 is 22.4 Å². The number of carbonyl (C=O) groups excluding carboxylic acids is 1. The summed E-state index contributed by atoms with van der Waals surface area (Å²) >= 11 is 0. The second-order valence-corrected chi connectivity index (χ2v) is 5.31. The molecule has 132 valence electrons. The van der Waals surface area contributed by atoms with Gasteiger partial charge in [0.1, 0.15) is 5.82 Å². The van der Waals surface area contributed by atoms with Crippen molar-refractivity contribution in [1.82, 2.24) is 0 Å². The molecule has 0 spiro atoms. The summed E-state index contributed by atoms with van der Waals surface area (Å²) in [5.74, 6) is -3.56. The zero-order valence-corrected chi connectivity index (χ0v) is 12.9. The Morgan fingerprint density at radius 3 is 2.24 bits per heavy atom. The lowest BCUT2D eigenvalue weighted by molar-refractivity contribution is -0.138. The van der Waals surface area contributed by atoms with Gasteiger partial charge in [0.05, 0.1) is 11.5 Å². The number of amides is 1. The van der Waals surface area contributed by atoms with Crippen molar-refractivity contribution in [2.24, 2.45) is 16.5 Å². The maximum absolute atomic E-state index is 13.9. The predicted octanol–water partition coefficient (Wildman–Crippen LogP) is 2.97. The van der Waals surface area contributed by atoms with Crippen LogP contribution in [0.25, 0.3) is 0 Å². The molecule has 0 bridgehead atoms. The molecular formula is C17H15F4N3O. The Balaban J connectivity index is 2.55. The number of nitrogens with two attached hydrogens (primary N) is 2. The standard InChI is InChI=1S/C17H15F4N3O/c18-14-8-4-1-5-10(14)9-12(15(25)24-16(22)23)11-6-2-3-7-13(11)17(19,20)21/h1-8,12H,9H2,(H4,22,23,24,25)/t12-/m1/s1. The lowest BCUT2D eigenvalue weighted by atomic mass is 9.87. The molecule has 0 aliphatic carbocycles. The van der Waals surface area contributed by atoms with Gasteiger partial charge >= 0.3 is 6.18 Å². The number of carbonyl (C=O) groups is 1.